The number of nitrogens with zero attached hydrogens (tertiary/aromatic N) is 1. The lowest BCUT2D eigenvalue weighted by molar-refractivity contribution is 0.410. The SMILES string of the molecule is CN=C(NCCc1ccc(OC)cc1)NC1CCCCC1.I. The topological polar surface area (TPSA) is 45.7 Å². The highest BCUT2D eigenvalue weighted by atomic mass is 127. The van der Waals surface area contributed by atoms with Crippen molar-refractivity contribution in [2.45, 2.75) is 44.6 Å². The Bertz CT molecular complexity index is 442. The van der Waals surface area contributed by atoms with Crippen LogP contribution in [-0.2, 0) is 6.42 Å². The van der Waals surface area contributed by atoms with E-state index in [2.05, 4.69) is 27.8 Å². The van der Waals surface area contributed by atoms with Crippen molar-refractivity contribution in [3.63, 3.8) is 0 Å². The predicted octanol–water partition coefficient (Wildman–Crippen LogP) is 3.35. The summed E-state index contributed by atoms with van der Waals surface area (Å²) in [5.74, 6) is 1.83. The molecule has 0 atom stereocenters. The zero-order valence-corrected chi connectivity index (χ0v) is 15.9. The first-order valence-electron chi connectivity index (χ1n) is 7.92. The Morgan fingerprint density at radius 1 is 1.18 bits per heavy atom. The standard InChI is InChI=1S/C17H27N3O.HI/c1-18-17(20-15-6-4-3-5-7-15)19-13-12-14-8-10-16(21-2)11-9-14;/h8-11,15H,3-7,12-13H2,1-2H3,(H2,18,19,20);1H. The Morgan fingerprint density at radius 3 is 2.45 bits per heavy atom. The fraction of sp³-hybridized carbons (Fsp3) is 0.588. The van der Waals surface area contributed by atoms with E-state index in [9.17, 15) is 0 Å². The van der Waals surface area contributed by atoms with Crippen LogP contribution in [-0.4, -0.2) is 32.7 Å². The smallest absolute Gasteiger partial charge is 0.191 e. The van der Waals surface area contributed by atoms with E-state index in [1.807, 2.05) is 19.2 Å². The number of halogens is 1. The first-order chi connectivity index (χ1) is 10.3. The molecule has 5 heteroatoms. The van der Waals surface area contributed by atoms with E-state index in [0.29, 0.717) is 6.04 Å². The molecule has 0 bridgehead atoms. The lowest BCUT2D eigenvalue weighted by Gasteiger charge is -2.24. The molecular formula is C17H28IN3O. The lowest BCUT2D eigenvalue weighted by atomic mass is 9.96. The summed E-state index contributed by atoms with van der Waals surface area (Å²) in [5.41, 5.74) is 1.30. The van der Waals surface area contributed by atoms with Crippen molar-refractivity contribution in [3.05, 3.63) is 29.8 Å². The highest BCUT2D eigenvalue weighted by molar-refractivity contribution is 14.0. The van der Waals surface area contributed by atoms with Crippen LogP contribution in [0.3, 0.4) is 0 Å². The molecule has 2 N–H and O–H groups in total. The summed E-state index contributed by atoms with van der Waals surface area (Å²) in [6.45, 7) is 0.888. The second-order valence-electron chi connectivity index (χ2n) is 5.58. The van der Waals surface area contributed by atoms with Crippen molar-refractivity contribution in [1.82, 2.24) is 10.6 Å². The summed E-state index contributed by atoms with van der Waals surface area (Å²) >= 11 is 0. The van der Waals surface area contributed by atoms with Gasteiger partial charge in [-0.3, -0.25) is 4.99 Å². The maximum atomic E-state index is 5.17. The van der Waals surface area contributed by atoms with Gasteiger partial charge in [0.2, 0.25) is 0 Å². The van der Waals surface area contributed by atoms with Crippen LogP contribution in [0.2, 0.25) is 0 Å². The number of benzene rings is 1. The van der Waals surface area contributed by atoms with Gasteiger partial charge in [0.25, 0.3) is 0 Å². The number of aliphatic imine (C=N–C) groups is 1. The zero-order chi connectivity index (χ0) is 14.9. The zero-order valence-electron chi connectivity index (χ0n) is 13.6. The van der Waals surface area contributed by atoms with E-state index in [0.717, 1.165) is 24.7 Å². The average Bonchev–Trinajstić information content (AvgIpc) is 2.55. The molecule has 1 aromatic carbocycles. The molecule has 0 radical (unpaired) electrons. The fourth-order valence-corrected chi connectivity index (χ4v) is 2.75. The molecule has 22 heavy (non-hydrogen) atoms. The third-order valence-corrected chi connectivity index (χ3v) is 4.03. The number of nitrogens with one attached hydrogen (secondary N) is 2. The molecule has 0 heterocycles. The number of rotatable bonds is 5. The molecule has 1 aliphatic carbocycles. The minimum atomic E-state index is 0. The number of ether oxygens (including phenoxy) is 1. The molecular weight excluding hydrogens is 389 g/mol. The van der Waals surface area contributed by atoms with Crippen molar-refractivity contribution in [3.8, 4) is 5.75 Å². The second kappa shape index (κ2) is 10.7. The van der Waals surface area contributed by atoms with Gasteiger partial charge in [0, 0.05) is 19.6 Å². The minimum Gasteiger partial charge on any atom is -0.497 e. The quantitative estimate of drug-likeness (QED) is 0.439. The van der Waals surface area contributed by atoms with Crippen LogP contribution < -0.4 is 15.4 Å². The van der Waals surface area contributed by atoms with E-state index in [1.54, 1.807) is 7.11 Å². The normalized spacial score (nSPS) is 15.8. The first-order valence-corrected chi connectivity index (χ1v) is 7.92. The Hall–Kier alpha value is -0.980. The molecule has 1 fully saturated rings. The third kappa shape index (κ3) is 6.42. The molecule has 0 saturated heterocycles. The van der Waals surface area contributed by atoms with Gasteiger partial charge < -0.3 is 15.4 Å². The van der Waals surface area contributed by atoms with Gasteiger partial charge in [-0.15, -0.1) is 24.0 Å². The van der Waals surface area contributed by atoms with Gasteiger partial charge in [-0.2, -0.15) is 0 Å². The molecule has 1 saturated carbocycles. The molecule has 0 unspecified atom stereocenters. The van der Waals surface area contributed by atoms with Crippen molar-refractivity contribution in [2.75, 3.05) is 20.7 Å². The summed E-state index contributed by atoms with van der Waals surface area (Å²) in [5, 5.41) is 6.93. The van der Waals surface area contributed by atoms with E-state index in [1.165, 1.54) is 37.7 Å². The monoisotopic (exact) mass is 417 g/mol. The average molecular weight is 417 g/mol. The van der Waals surface area contributed by atoms with E-state index in [-0.39, 0.29) is 24.0 Å². The van der Waals surface area contributed by atoms with Crippen molar-refractivity contribution >= 4 is 29.9 Å². The second-order valence-corrected chi connectivity index (χ2v) is 5.58. The van der Waals surface area contributed by atoms with Crippen LogP contribution in [0.25, 0.3) is 0 Å². The number of hydrogen-bond donors (Lipinski definition) is 2. The fourth-order valence-electron chi connectivity index (χ4n) is 2.75. The van der Waals surface area contributed by atoms with E-state index < -0.39 is 0 Å². The van der Waals surface area contributed by atoms with Gasteiger partial charge in [-0.25, -0.2) is 0 Å². The highest BCUT2D eigenvalue weighted by Crippen LogP contribution is 2.17. The van der Waals surface area contributed by atoms with Crippen LogP contribution in [0.1, 0.15) is 37.7 Å². The third-order valence-electron chi connectivity index (χ3n) is 4.03. The number of hydrogen-bond acceptors (Lipinski definition) is 2. The van der Waals surface area contributed by atoms with Crippen LogP contribution >= 0.6 is 24.0 Å². The van der Waals surface area contributed by atoms with Crippen LogP contribution in [0.4, 0.5) is 0 Å². The molecule has 0 spiro atoms. The maximum absolute atomic E-state index is 5.17. The summed E-state index contributed by atoms with van der Waals surface area (Å²) in [6.07, 6.45) is 7.55. The summed E-state index contributed by atoms with van der Waals surface area (Å²) < 4.78 is 5.17. The van der Waals surface area contributed by atoms with Crippen LogP contribution in [0.15, 0.2) is 29.3 Å². The van der Waals surface area contributed by atoms with Gasteiger partial charge in [0.05, 0.1) is 7.11 Å². The van der Waals surface area contributed by atoms with Crippen LogP contribution in [0, 0.1) is 0 Å². The Labute approximate surface area is 151 Å². The minimum absolute atomic E-state index is 0. The number of methoxy groups -OCH3 is 1. The molecule has 0 amide bonds. The molecule has 1 aliphatic rings. The maximum Gasteiger partial charge on any atom is 0.191 e. The van der Waals surface area contributed by atoms with Gasteiger partial charge in [0.15, 0.2) is 5.96 Å². The van der Waals surface area contributed by atoms with Gasteiger partial charge >= 0.3 is 0 Å². The van der Waals surface area contributed by atoms with Crippen LogP contribution in [0.5, 0.6) is 5.75 Å². The molecule has 124 valence electrons. The van der Waals surface area contributed by atoms with Crippen molar-refractivity contribution < 1.29 is 4.74 Å². The molecule has 4 nitrogen and oxygen atoms in total. The lowest BCUT2D eigenvalue weighted by Crippen LogP contribution is -2.44. The summed E-state index contributed by atoms with van der Waals surface area (Å²) in [6, 6.07) is 8.82. The van der Waals surface area contributed by atoms with Gasteiger partial charge in [0.1, 0.15) is 5.75 Å². The van der Waals surface area contributed by atoms with E-state index in [4.69, 9.17) is 4.74 Å². The Kier molecular flexibility index (Phi) is 9.27. The molecule has 0 aliphatic heterocycles. The summed E-state index contributed by atoms with van der Waals surface area (Å²) in [7, 11) is 3.53. The van der Waals surface area contributed by atoms with Gasteiger partial charge in [-0.05, 0) is 37.0 Å². The molecule has 0 aromatic heterocycles. The van der Waals surface area contributed by atoms with Gasteiger partial charge in [-0.1, -0.05) is 31.4 Å². The van der Waals surface area contributed by atoms with Crippen molar-refractivity contribution in [1.29, 1.82) is 0 Å². The highest BCUT2D eigenvalue weighted by Gasteiger charge is 2.14. The molecule has 1 aromatic rings. The largest absolute Gasteiger partial charge is 0.497 e. The Morgan fingerprint density at radius 2 is 1.86 bits per heavy atom. The first kappa shape index (κ1) is 19.1. The molecule has 2 rings (SSSR count). The predicted molar refractivity (Wildman–Crippen MR) is 103 cm³/mol. The summed E-state index contributed by atoms with van der Waals surface area (Å²) in [4.78, 5) is 4.32. The van der Waals surface area contributed by atoms with Crippen molar-refractivity contribution in [2.24, 2.45) is 4.99 Å². The Balaban J connectivity index is 0.00000242. The van der Waals surface area contributed by atoms with E-state index >= 15 is 0 Å². The number of guanidine groups is 1.